The molecule has 0 aliphatic rings. The molecule has 0 aliphatic heterocycles. The molecule has 94 valence electrons. The molecule has 4 heteroatoms. The third-order valence-corrected chi connectivity index (χ3v) is 3.61. The monoisotopic (exact) mass is 244 g/mol. The fraction of sp³-hybridized carbons (Fsp3) is 0.429. The predicted molar refractivity (Wildman–Crippen MR) is 66.3 cm³/mol. The van der Waals surface area contributed by atoms with E-state index in [4.69, 9.17) is 20.0 Å². The lowest BCUT2D eigenvalue weighted by Crippen LogP contribution is -2.11. The van der Waals surface area contributed by atoms with Gasteiger partial charge in [-0.1, -0.05) is 0 Å². The smallest absolute Gasteiger partial charge is 0.292 e. The molecule has 1 aromatic rings. The van der Waals surface area contributed by atoms with E-state index in [2.05, 4.69) is 6.92 Å². The third kappa shape index (κ3) is 2.24. The second-order valence-corrected chi connectivity index (χ2v) is 4.29. The largest absolute Gasteiger partial charge is 0.379 e. The Labute approximate surface area is 107 Å². The van der Waals surface area contributed by atoms with Gasteiger partial charge >= 0.3 is 0 Å². The average molecular weight is 244 g/mol. The van der Waals surface area contributed by atoms with Gasteiger partial charge in [-0.05, 0) is 62.4 Å². The van der Waals surface area contributed by atoms with Gasteiger partial charge in [0, 0.05) is 5.56 Å². The molecule has 1 rings (SSSR count). The number of rotatable bonds is 3. The van der Waals surface area contributed by atoms with Crippen molar-refractivity contribution in [3.8, 4) is 12.5 Å². The van der Waals surface area contributed by atoms with Gasteiger partial charge in [0.2, 0.25) is 0 Å². The number of hydrogen-bond acceptors (Lipinski definition) is 4. The summed E-state index contributed by atoms with van der Waals surface area (Å²) in [6.45, 7) is 9.96. The van der Waals surface area contributed by atoms with Crippen molar-refractivity contribution >= 4 is 0 Å². The molecule has 0 aliphatic carbocycles. The summed E-state index contributed by atoms with van der Waals surface area (Å²) in [7, 11) is 0. The van der Waals surface area contributed by atoms with Gasteiger partial charge in [-0.2, -0.15) is 10.5 Å². The maximum Gasteiger partial charge on any atom is 0.292 e. The highest BCUT2D eigenvalue weighted by atomic mass is 16.7. The summed E-state index contributed by atoms with van der Waals surface area (Å²) in [5.74, 6) is 0. The Kier molecular flexibility index (Phi) is 4.18. The van der Waals surface area contributed by atoms with Crippen LogP contribution in [0.4, 0.5) is 0 Å². The highest BCUT2D eigenvalue weighted by Gasteiger charge is 2.23. The van der Waals surface area contributed by atoms with Crippen LogP contribution in [0.25, 0.3) is 0 Å². The van der Waals surface area contributed by atoms with Crippen LogP contribution < -0.4 is 0 Å². The number of ether oxygens (including phenoxy) is 2. The first-order chi connectivity index (χ1) is 8.45. The van der Waals surface area contributed by atoms with Crippen molar-refractivity contribution in [2.24, 2.45) is 0 Å². The van der Waals surface area contributed by atoms with Crippen LogP contribution >= 0.6 is 0 Å². The summed E-state index contributed by atoms with van der Waals surface area (Å²) in [4.78, 5) is 0. The Morgan fingerprint density at radius 1 is 0.722 bits per heavy atom. The summed E-state index contributed by atoms with van der Waals surface area (Å²) in [5, 5.41) is 17.3. The van der Waals surface area contributed by atoms with Gasteiger partial charge in [-0.15, -0.1) is 0 Å². The SMILES string of the molecule is Cc1c(C)c(C)c(C(OC#N)OC#N)c(C)c1C. The summed E-state index contributed by atoms with van der Waals surface area (Å²) in [5.41, 5.74) is 6.21. The van der Waals surface area contributed by atoms with Gasteiger partial charge in [0.15, 0.2) is 0 Å². The standard InChI is InChI=1S/C14H16N2O2/c1-8-9(2)11(4)13(12(5)10(8)3)14(17-6-15)18-7-16/h14H,1-5H3. The summed E-state index contributed by atoms with van der Waals surface area (Å²) < 4.78 is 9.68. The molecule has 0 heterocycles. The molecule has 0 unspecified atom stereocenters. The first kappa shape index (κ1) is 13.9. The third-order valence-electron chi connectivity index (χ3n) is 3.61. The molecule has 0 bridgehead atoms. The van der Waals surface area contributed by atoms with Gasteiger partial charge in [0.25, 0.3) is 18.8 Å². The van der Waals surface area contributed by atoms with Crippen LogP contribution in [-0.2, 0) is 9.47 Å². The number of nitrogens with zero attached hydrogens (tertiary/aromatic N) is 2. The quantitative estimate of drug-likeness (QED) is 0.604. The van der Waals surface area contributed by atoms with Crippen molar-refractivity contribution in [3.63, 3.8) is 0 Å². The molecule has 0 fully saturated rings. The van der Waals surface area contributed by atoms with Crippen molar-refractivity contribution < 1.29 is 9.47 Å². The van der Waals surface area contributed by atoms with Crippen molar-refractivity contribution in [2.45, 2.75) is 40.9 Å². The van der Waals surface area contributed by atoms with E-state index in [0.29, 0.717) is 0 Å². The lowest BCUT2D eigenvalue weighted by molar-refractivity contribution is -0.0473. The molecule has 18 heavy (non-hydrogen) atoms. The Morgan fingerprint density at radius 2 is 1.06 bits per heavy atom. The van der Waals surface area contributed by atoms with Crippen molar-refractivity contribution in [3.05, 3.63) is 33.4 Å². The maximum absolute atomic E-state index is 8.64. The van der Waals surface area contributed by atoms with Crippen LogP contribution in [0.1, 0.15) is 39.7 Å². The lowest BCUT2D eigenvalue weighted by atomic mass is 9.89. The van der Waals surface area contributed by atoms with Crippen molar-refractivity contribution in [1.29, 1.82) is 10.5 Å². The molecule has 0 atom stereocenters. The molecule has 0 saturated carbocycles. The van der Waals surface area contributed by atoms with Gasteiger partial charge < -0.3 is 9.47 Å². The Hall–Kier alpha value is -2.20. The van der Waals surface area contributed by atoms with Crippen molar-refractivity contribution in [2.75, 3.05) is 0 Å². The highest BCUT2D eigenvalue weighted by molar-refractivity contribution is 5.50. The normalized spacial score (nSPS) is 9.78. The topological polar surface area (TPSA) is 66.0 Å². The second-order valence-electron chi connectivity index (χ2n) is 4.29. The number of nitriles is 2. The Morgan fingerprint density at radius 3 is 1.39 bits per heavy atom. The highest BCUT2D eigenvalue weighted by Crippen LogP contribution is 2.32. The van der Waals surface area contributed by atoms with Crippen LogP contribution in [-0.4, -0.2) is 0 Å². The van der Waals surface area contributed by atoms with Gasteiger partial charge in [-0.25, -0.2) is 0 Å². The molecular formula is C14H16N2O2. The summed E-state index contributed by atoms with van der Waals surface area (Å²) in [6.07, 6.45) is 2.21. The molecule has 4 nitrogen and oxygen atoms in total. The zero-order valence-corrected chi connectivity index (χ0v) is 11.3. The zero-order chi connectivity index (χ0) is 13.9. The molecule has 0 radical (unpaired) electrons. The first-order valence-corrected chi connectivity index (χ1v) is 5.62. The van der Waals surface area contributed by atoms with Crippen LogP contribution in [0.15, 0.2) is 0 Å². The molecule has 0 aromatic heterocycles. The zero-order valence-electron chi connectivity index (χ0n) is 11.3. The van der Waals surface area contributed by atoms with Gasteiger partial charge in [-0.3, -0.25) is 0 Å². The summed E-state index contributed by atoms with van der Waals surface area (Å²) in [6, 6.07) is 0. The van der Waals surface area contributed by atoms with Gasteiger partial charge in [0.05, 0.1) is 0 Å². The maximum atomic E-state index is 8.64. The number of hydrogen-bond donors (Lipinski definition) is 0. The average Bonchev–Trinajstić information content (AvgIpc) is 2.35. The van der Waals surface area contributed by atoms with E-state index in [-0.39, 0.29) is 0 Å². The molecule has 0 saturated heterocycles. The minimum absolute atomic E-state index is 0.763. The van der Waals surface area contributed by atoms with E-state index < -0.39 is 6.29 Å². The molecule has 1 aromatic carbocycles. The van der Waals surface area contributed by atoms with Crippen LogP contribution in [0.5, 0.6) is 0 Å². The van der Waals surface area contributed by atoms with E-state index in [1.165, 1.54) is 5.56 Å². The lowest BCUT2D eigenvalue weighted by Gasteiger charge is -2.21. The van der Waals surface area contributed by atoms with Gasteiger partial charge in [0.1, 0.15) is 0 Å². The molecule has 0 spiro atoms. The minimum atomic E-state index is -0.960. The van der Waals surface area contributed by atoms with E-state index in [9.17, 15) is 0 Å². The molecule has 0 N–H and O–H groups in total. The van der Waals surface area contributed by atoms with Crippen LogP contribution in [0, 0.1) is 57.7 Å². The first-order valence-electron chi connectivity index (χ1n) is 5.62. The van der Waals surface area contributed by atoms with E-state index in [1.54, 1.807) is 12.5 Å². The fourth-order valence-corrected chi connectivity index (χ4v) is 2.12. The second kappa shape index (κ2) is 5.42. The van der Waals surface area contributed by atoms with E-state index in [0.717, 1.165) is 27.8 Å². The number of benzene rings is 1. The Bertz CT molecular complexity index is 505. The van der Waals surface area contributed by atoms with E-state index >= 15 is 0 Å². The summed E-state index contributed by atoms with van der Waals surface area (Å²) >= 11 is 0. The minimum Gasteiger partial charge on any atom is -0.379 e. The predicted octanol–water partition coefficient (Wildman–Crippen LogP) is 3.22. The van der Waals surface area contributed by atoms with Crippen LogP contribution in [0.3, 0.4) is 0 Å². The van der Waals surface area contributed by atoms with Crippen molar-refractivity contribution in [1.82, 2.24) is 0 Å². The molecular weight excluding hydrogens is 228 g/mol. The molecule has 0 amide bonds. The Balaban J connectivity index is 3.49. The van der Waals surface area contributed by atoms with Crippen LogP contribution in [0.2, 0.25) is 0 Å². The van der Waals surface area contributed by atoms with E-state index in [1.807, 2.05) is 27.7 Å². The fourth-order valence-electron chi connectivity index (χ4n) is 2.12.